The molecule has 2 atom stereocenters. The Morgan fingerprint density at radius 2 is 1.95 bits per heavy atom. The van der Waals surface area contributed by atoms with Gasteiger partial charge in [0.2, 0.25) is 0 Å². The smallest absolute Gasteiger partial charge is 0.174 e. The molecular weight excluding hydrogens is 268 g/mol. The summed E-state index contributed by atoms with van der Waals surface area (Å²) in [5.74, 6) is 0.439. The quantitative estimate of drug-likeness (QED) is 0.832. The lowest BCUT2D eigenvalue weighted by atomic mass is 10.2. The fraction of sp³-hybridized carbons (Fsp3) is 0.167. The monoisotopic (exact) mass is 276 g/mol. The molecule has 0 aromatic carbocycles. The summed E-state index contributed by atoms with van der Waals surface area (Å²) in [6.07, 6.45) is 4.08. The minimum Gasteiger partial charge on any atom is -0.368 e. The van der Waals surface area contributed by atoms with E-state index < -0.39 is 12.3 Å². The largest absolute Gasteiger partial charge is 0.368 e. The van der Waals surface area contributed by atoms with Crippen molar-refractivity contribution in [2.45, 2.75) is 12.3 Å². The summed E-state index contributed by atoms with van der Waals surface area (Å²) in [5.41, 5.74) is 0.818. The van der Waals surface area contributed by atoms with Crippen LogP contribution in [0.15, 0.2) is 30.7 Å². The number of fused-ring (bicyclic) bond motifs is 1. The molecule has 0 saturated heterocycles. The lowest BCUT2D eigenvalue weighted by Crippen LogP contribution is -2.27. The molecule has 0 amide bonds. The molecule has 7 heteroatoms. The number of carbonyl (C=O) groups is 1. The van der Waals surface area contributed by atoms with Gasteiger partial charge in [-0.25, -0.2) is 4.98 Å². The van der Waals surface area contributed by atoms with Gasteiger partial charge in [0, 0.05) is 18.6 Å². The van der Waals surface area contributed by atoms with Gasteiger partial charge >= 0.3 is 0 Å². The van der Waals surface area contributed by atoms with E-state index in [9.17, 15) is 9.90 Å². The zero-order chi connectivity index (χ0) is 13.4. The number of hydrogen-bond acceptors (Lipinski definition) is 6. The molecule has 19 heavy (non-hydrogen) atoms. The van der Waals surface area contributed by atoms with Gasteiger partial charge in [-0.2, -0.15) is 0 Å². The maximum absolute atomic E-state index is 11.3. The first-order chi connectivity index (χ1) is 9.22. The van der Waals surface area contributed by atoms with Gasteiger partial charge in [-0.05, 0) is 12.1 Å². The maximum Gasteiger partial charge on any atom is 0.174 e. The Kier molecular flexibility index (Phi) is 2.88. The van der Waals surface area contributed by atoms with Crippen molar-refractivity contribution < 1.29 is 9.90 Å². The second kappa shape index (κ2) is 4.56. The molecule has 0 spiro atoms. The molecule has 0 bridgehead atoms. The average molecular weight is 277 g/mol. The number of aliphatic hydroxyl groups excluding tert-OH is 1. The Bertz CT molecular complexity index is 619. The van der Waals surface area contributed by atoms with Crippen molar-refractivity contribution in [3.8, 4) is 0 Å². The van der Waals surface area contributed by atoms with Gasteiger partial charge in [0.15, 0.2) is 6.23 Å². The van der Waals surface area contributed by atoms with E-state index in [1.54, 1.807) is 12.1 Å². The van der Waals surface area contributed by atoms with E-state index >= 15 is 0 Å². The number of aldehydes is 1. The number of carbonyl (C=O) groups excluding carboxylic acids is 1. The highest BCUT2D eigenvalue weighted by molar-refractivity contribution is 6.30. The van der Waals surface area contributed by atoms with Gasteiger partial charge in [0.25, 0.3) is 0 Å². The van der Waals surface area contributed by atoms with E-state index in [1.165, 1.54) is 23.5 Å². The zero-order valence-electron chi connectivity index (χ0n) is 9.64. The van der Waals surface area contributed by atoms with Crippen molar-refractivity contribution in [1.29, 1.82) is 0 Å². The summed E-state index contributed by atoms with van der Waals surface area (Å²) in [7, 11) is 0. The van der Waals surface area contributed by atoms with Gasteiger partial charge < -0.3 is 14.8 Å². The van der Waals surface area contributed by atoms with Crippen LogP contribution < -0.4 is 4.90 Å². The predicted octanol–water partition coefficient (Wildman–Crippen LogP) is 1.28. The third kappa shape index (κ3) is 1.85. The topological polar surface area (TPSA) is 79.2 Å². The minimum atomic E-state index is -1.05. The molecule has 3 heterocycles. The zero-order valence-corrected chi connectivity index (χ0v) is 10.4. The third-order valence-electron chi connectivity index (χ3n) is 2.95. The second-order valence-electron chi connectivity index (χ2n) is 4.02. The van der Waals surface area contributed by atoms with E-state index in [4.69, 9.17) is 11.6 Å². The van der Waals surface area contributed by atoms with Crippen LogP contribution in [0.1, 0.15) is 23.7 Å². The third-order valence-corrected chi connectivity index (χ3v) is 3.17. The van der Waals surface area contributed by atoms with E-state index in [1.807, 2.05) is 0 Å². The number of aliphatic hydroxyl groups is 1. The molecule has 2 aromatic heterocycles. The minimum absolute atomic E-state index is 0.372. The number of nitrogens with zero attached hydrogens (tertiary/aromatic N) is 4. The number of hydrogen-bond donors (Lipinski definition) is 1. The number of halogens is 1. The molecule has 6 nitrogen and oxygen atoms in total. The first-order valence-electron chi connectivity index (χ1n) is 5.56. The van der Waals surface area contributed by atoms with Crippen LogP contribution in [0.5, 0.6) is 0 Å². The molecular formula is C12H9ClN4O2. The predicted molar refractivity (Wildman–Crippen MR) is 67.5 cm³/mol. The van der Waals surface area contributed by atoms with E-state index in [2.05, 4.69) is 15.0 Å². The van der Waals surface area contributed by atoms with Crippen molar-refractivity contribution in [2.24, 2.45) is 0 Å². The number of rotatable bonds is 2. The normalized spacial score (nSPS) is 21.3. The highest BCUT2D eigenvalue weighted by Gasteiger charge is 2.40. The van der Waals surface area contributed by atoms with Crippen LogP contribution in [-0.2, 0) is 4.79 Å². The van der Waals surface area contributed by atoms with E-state index in [-0.39, 0.29) is 0 Å². The molecule has 0 radical (unpaired) electrons. The maximum atomic E-state index is 11.3. The molecule has 0 fully saturated rings. The molecule has 3 rings (SSSR count). The van der Waals surface area contributed by atoms with Crippen molar-refractivity contribution in [3.63, 3.8) is 0 Å². The van der Waals surface area contributed by atoms with Gasteiger partial charge in [0.05, 0.1) is 10.7 Å². The molecule has 96 valence electrons. The Labute approximate surface area is 113 Å². The molecule has 1 aliphatic heterocycles. The highest BCUT2D eigenvalue weighted by atomic mass is 35.5. The van der Waals surface area contributed by atoms with Crippen LogP contribution in [0.25, 0.3) is 0 Å². The van der Waals surface area contributed by atoms with Crippen LogP contribution >= 0.6 is 11.6 Å². The molecule has 0 aliphatic carbocycles. The van der Waals surface area contributed by atoms with Crippen molar-refractivity contribution in [2.75, 3.05) is 4.90 Å². The van der Waals surface area contributed by atoms with Crippen LogP contribution in [0, 0.1) is 0 Å². The van der Waals surface area contributed by atoms with Crippen molar-refractivity contribution in [3.05, 3.63) is 47.1 Å². The summed E-state index contributed by atoms with van der Waals surface area (Å²) in [5, 5.41) is 10.7. The van der Waals surface area contributed by atoms with E-state index in [0.29, 0.717) is 28.5 Å². The fourth-order valence-electron chi connectivity index (χ4n) is 2.12. The standard InChI is InChI=1S/C12H9ClN4O2/c13-7-1-2-9(16-5-7)17-8(6-18)10-11(12(17)19)15-4-3-14-10/h1-6,8,12,19H. The van der Waals surface area contributed by atoms with Gasteiger partial charge in [-0.1, -0.05) is 11.6 Å². The van der Waals surface area contributed by atoms with Gasteiger partial charge in [0.1, 0.15) is 23.8 Å². The summed E-state index contributed by atoms with van der Waals surface area (Å²) in [6.45, 7) is 0. The lowest BCUT2D eigenvalue weighted by Gasteiger charge is -2.24. The first-order valence-corrected chi connectivity index (χ1v) is 5.94. The number of anilines is 1. The average Bonchev–Trinajstić information content (AvgIpc) is 2.73. The van der Waals surface area contributed by atoms with Gasteiger partial charge in [-0.15, -0.1) is 0 Å². The van der Waals surface area contributed by atoms with Crippen LogP contribution in [0.3, 0.4) is 0 Å². The fourth-order valence-corrected chi connectivity index (χ4v) is 2.23. The molecule has 0 saturated carbocycles. The summed E-state index contributed by atoms with van der Waals surface area (Å²) in [4.78, 5) is 25.0. The Balaban J connectivity index is 2.08. The second-order valence-corrected chi connectivity index (χ2v) is 4.46. The van der Waals surface area contributed by atoms with Gasteiger partial charge in [-0.3, -0.25) is 9.97 Å². The highest BCUT2D eigenvalue weighted by Crippen LogP contribution is 2.39. The van der Waals surface area contributed by atoms with E-state index in [0.717, 1.165) is 0 Å². The lowest BCUT2D eigenvalue weighted by molar-refractivity contribution is -0.109. The number of pyridine rings is 1. The molecule has 1 aliphatic rings. The van der Waals surface area contributed by atoms with Crippen LogP contribution in [0.2, 0.25) is 5.02 Å². The number of aromatic nitrogens is 3. The summed E-state index contributed by atoms with van der Waals surface area (Å²) >= 11 is 5.78. The van der Waals surface area contributed by atoms with Crippen LogP contribution in [0.4, 0.5) is 5.82 Å². The first kappa shape index (κ1) is 12.0. The summed E-state index contributed by atoms with van der Waals surface area (Å²) in [6, 6.07) is 2.57. The molecule has 2 unspecified atom stereocenters. The SMILES string of the molecule is O=CC1c2nccnc2C(O)N1c1ccc(Cl)cn1. The van der Waals surface area contributed by atoms with Crippen LogP contribution in [-0.4, -0.2) is 26.3 Å². The molecule has 2 aromatic rings. The Morgan fingerprint density at radius 3 is 2.58 bits per heavy atom. The summed E-state index contributed by atoms with van der Waals surface area (Å²) < 4.78 is 0. The van der Waals surface area contributed by atoms with Crippen molar-refractivity contribution >= 4 is 23.7 Å². The Hall–Kier alpha value is -2.05. The Morgan fingerprint density at radius 1 is 1.21 bits per heavy atom. The van der Waals surface area contributed by atoms with Crippen molar-refractivity contribution in [1.82, 2.24) is 15.0 Å². The molecule has 1 N–H and O–H groups in total.